The zero-order valence-electron chi connectivity index (χ0n) is 11.1. The molecule has 4 nitrogen and oxygen atoms in total. The van der Waals surface area contributed by atoms with Gasteiger partial charge in [-0.15, -0.1) is 0 Å². The lowest BCUT2D eigenvalue weighted by Gasteiger charge is -2.24. The van der Waals surface area contributed by atoms with Crippen LogP contribution in [0.3, 0.4) is 0 Å². The molecule has 3 N–H and O–H groups in total. The lowest BCUT2D eigenvalue weighted by Crippen LogP contribution is -2.27. The molecule has 0 amide bonds. The second kappa shape index (κ2) is 8.78. The van der Waals surface area contributed by atoms with E-state index in [1.54, 1.807) is 7.11 Å². The van der Waals surface area contributed by atoms with Crippen molar-refractivity contribution < 1.29 is 9.84 Å². The molecule has 0 unspecified atom stereocenters. The van der Waals surface area contributed by atoms with Gasteiger partial charge < -0.3 is 20.5 Å². The number of hydrogen-bond donors (Lipinski definition) is 2. The number of nitrogens with two attached hydrogens (primary N) is 1. The third-order valence-corrected chi connectivity index (χ3v) is 2.91. The van der Waals surface area contributed by atoms with Gasteiger partial charge in [-0.25, -0.2) is 0 Å². The molecule has 0 spiro atoms. The predicted molar refractivity (Wildman–Crippen MR) is 75.2 cm³/mol. The Hall–Kier alpha value is -1.26. The van der Waals surface area contributed by atoms with Crippen molar-refractivity contribution in [1.82, 2.24) is 0 Å². The molecule has 102 valence electrons. The number of methoxy groups -OCH3 is 1. The Morgan fingerprint density at radius 1 is 1.11 bits per heavy atom. The Morgan fingerprint density at radius 2 is 1.78 bits per heavy atom. The fourth-order valence-corrected chi connectivity index (χ4v) is 1.86. The van der Waals surface area contributed by atoms with E-state index in [-0.39, 0.29) is 6.61 Å². The van der Waals surface area contributed by atoms with E-state index in [4.69, 9.17) is 15.6 Å². The summed E-state index contributed by atoms with van der Waals surface area (Å²) in [6.07, 6.45) is 2.81. The maximum atomic E-state index is 8.84. The smallest absolute Gasteiger partial charge is 0.119 e. The maximum Gasteiger partial charge on any atom is 0.119 e. The molecule has 0 radical (unpaired) electrons. The molecule has 0 heterocycles. The molecule has 1 aromatic rings. The van der Waals surface area contributed by atoms with Gasteiger partial charge in [-0.1, -0.05) is 0 Å². The normalized spacial score (nSPS) is 10.4. The van der Waals surface area contributed by atoms with Crippen LogP contribution in [0.5, 0.6) is 5.75 Å². The van der Waals surface area contributed by atoms with E-state index < -0.39 is 0 Å². The van der Waals surface area contributed by atoms with Crippen LogP contribution in [0, 0.1) is 0 Å². The van der Waals surface area contributed by atoms with Gasteiger partial charge in [-0.2, -0.15) is 0 Å². The summed E-state index contributed by atoms with van der Waals surface area (Å²) in [5.74, 6) is 0.868. The van der Waals surface area contributed by atoms with Gasteiger partial charge >= 0.3 is 0 Å². The summed E-state index contributed by atoms with van der Waals surface area (Å²) in [4.78, 5) is 2.31. The predicted octanol–water partition coefficient (Wildman–Crippen LogP) is 1.62. The van der Waals surface area contributed by atoms with Crippen molar-refractivity contribution in [2.45, 2.75) is 19.3 Å². The first-order valence-electron chi connectivity index (χ1n) is 6.51. The average molecular weight is 252 g/mol. The fraction of sp³-hybridized carbons (Fsp3) is 0.571. The van der Waals surface area contributed by atoms with Crippen molar-refractivity contribution in [3.63, 3.8) is 0 Å². The third kappa shape index (κ3) is 4.94. The first-order chi connectivity index (χ1) is 8.81. The lowest BCUT2D eigenvalue weighted by molar-refractivity contribution is 0.285. The van der Waals surface area contributed by atoms with E-state index in [9.17, 15) is 0 Å². The molecule has 1 aromatic carbocycles. The van der Waals surface area contributed by atoms with E-state index >= 15 is 0 Å². The van der Waals surface area contributed by atoms with Crippen molar-refractivity contribution in [1.29, 1.82) is 0 Å². The van der Waals surface area contributed by atoms with Gasteiger partial charge in [0.2, 0.25) is 0 Å². The fourth-order valence-electron chi connectivity index (χ4n) is 1.86. The average Bonchev–Trinajstić information content (AvgIpc) is 2.43. The first-order valence-corrected chi connectivity index (χ1v) is 6.51. The van der Waals surface area contributed by atoms with Crippen molar-refractivity contribution in [2.24, 2.45) is 5.73 Å². The number of anilines is 1. The van der Waals surface area contributed by atoms with Crippen LogP contribution >= 0.6 is 0 Å². The Balaban J connectivity index is 2.60. The van der Waals surface area contributed by atoms with Crippen LogP contribution in [-0.2, 0) is 0 Å². The summed E-state index contributed by atoms with van der Waals surface area (Å²) in [6.45, 7) is 2.86. The highest BCUT2D eigenvalue weighted by molar-refractivity contribution is 5.49. The molecule has 0 aliphatic heterocycles. The van der Waals surface area contributed by atoms with E-state index in [1.165, 1.54) is 5.69 Å². The van der Waals surface area contributed by atoms with Crippen LogP contribution in [0.25, 0.3) is 0 Å². The number of unbranched alkanes of at least 4 members (excludes halogenated alkanes) is 1. The van der Waals surface area contributed by atoms with Gasteiger partial charge in [-0.05, 0) is 50.1 Å². The van der Waals surface area contributed by atoms with E-state index in [2.05, 4.69) is 17.0 Å². The lowest BCUT2D eigenvalue weighted by atomic mass is 10.2. The summed E-state index contributed by atoms with van der Waals surface area (Å²) < 4.78 is 5.16. The molecular weight excluding hydrogens is 228 g/mol. The number of nitrogens with zero attached hydrogens (tertiary/aromatic N) is 1. The zero-order valence-corrected chi connectivity index (χ0v) is 11.1. The van der Waals surface area contributed by atoms with Crippen LogP contribution in [-0.4, -0.2) is 38.5 Å². The molecule has 1 rings (SSSR count). The highest BCUT2D eigenvalue weighted by Gasteiger charge is 2.05. The second-order valence-corrected chi connectivity index (χ2v) is 4.26. The Labute approximate surface area is 109 Å². The molecule has 0 saturated heterocycles. The molecule has 0 atom stereocenters. The largest absolute Gasteiger partial charge is 0.497 e. The molecule has 0 aromatic heterocycles. The number of rotatable bonds is 9. The quantitative estimate of drug-likeness (QED) is 0.656. The second-order valence-electron chi connectivity index (χ2n) is 4.26. The Bertz CT molecular complexity index is 314. The van der Waals surface area contributed by atoms with Crippen molar-refractivity contribution in [3.8, 4) is 5.75 Å². The van der Waals surface area contributed by atoms with Gasteiger partial charge in [0.1, 0.15) is 5.75 Å². The van der Waals surface area contributed by atoms with Gasteiger partial charge in [0.15, 0.2) is 0 Å². The molecule has 0 saturated carbocycles. The van der Waals surface area contributed by atoms with Crippen LogP contribution in [0.15, 0.2) is 24.3 Å². The molecule has 18 heavy (non-hydrogen) atoms. The Morgan fingerprint density at radius 3 is 2.33 bits per heavy atom. The summed E-state index contributed by atoms with van der Waals surface area (Å²) >= 11 is 0. The maximum absolute atomic E-state index is 8.84. The van der Waals surface area contributed by atoms with Crippen molar-refractivity contribution >= 4 is 5.69 Å². The number of hydrogen-bond acceptors (Lipinski definition) is 4. The molecule has 0 fully saturated rings. The summed E-state index contributed by atoms with van der Waals surface area (Å²) in [5.41, 5.74) is 6.75. The molecule has 0 bridgehead atoms. The van der Waals surface area contributed by atoms with Gasteiger partial charge in [0.05, 0.1) is 7.11 Å². The SMILES string of the molecule is COc1ccc(N(CCCN)CCCCO)cc1. The number of benzene rings is 1. The van der Waals surface area contributed by atoms with Crippen molar-refractivity contribution in [3.05, 3.63) is 24.3 Å². The van der Waals surface area contributed by atoms with Gasteiger partial charge in [0.25, 0.3) is 0 Å². The molecule has 0 aliphatic rings. The summed E-state index contributed by atoms with van der Waals surface area (Å²) in [6, 6.07) is 8.07. The highest BCUT2D eigenvalue weighted by atomic mass is 16.5. The van der Waals surface area contributed by atoms with Crippen LogP contribution in [0.2, 0.25) is 0 Å². The third-order valence-electron chi connectivity index (χ3n) is 2.91. The minimum atomic E-state index is 0.257. The highest BCUT2D eigenvalue weighted by Crippen LogP contribution is 2.19. The monoisotopic (exact) mass is 252 g/mol. The zero-order chi connectivity index (χ0) is 13.2. The number of aliphatic hydroxyl groups is 1. The van der Waals surface area contributed by atoms with Gasteiger partial charge in [0, 0.05) is 25.4 Å². The molecule has 4 heteroatoms. The van der Waals surface area contributed by atoms with E-state index in [1.807, 2.05) is 12.1 Å². The minimum absolute atomic E-state index is 0.257. The Kier molecular flexibility index (Phi) is 7.22. The number of ether oxygens (including phenoxy) is 1. The standard InChI is InChI=1S/C14H24N2O2/c1-18-14-7-5-13(6-8-14)16(11-4-9-15)10-2-3-12-17/h5-8,17H,2-4,9-12,15H2,1H3. The van der Waals surface area contributed by atoms with Crippen molar-refractivity contribution in [2.75, 3.05) is 38.3 Å². The van der Waals surface area contributed by atoms with Gasteiger partial charge in [-0.3, -0.25) is 0 Å². The number of aliphatic hydroxyl groups excluding tert-OH is 1. The van der Waals surface area contributed by atoms with Crippen LogP contribution < -0.4 is 15.4 Å². The molecule has 0 aliphatic carbocycles. The topological polar surface area (TPSA) is 58.7 Å². The van der Waals surface area contributed by atoms with Crippen LogP contribution in [0.1, 0.15) is 19.3 Å². The van der Waals surface area contributed by atoms with Crippen LogP contribution in [0.4, 0.5) is 5.69 Å². The van der Waals surface area contributed by atoms with E-state index in [0.29, 0.717) is 6.54 Å². The summed E-state index contributed by atoms with van der Waals surface area (Å²) in [7, 11) is 1.67. The minimum Gasteiger partial charge on any atom is -0.497 e. The van der Waals surface area contributed by atoms with E-state index in [0.717, 1.165) is 38.1 Å². The summed E-state index contributed by atoms with van der Waals surface area (Å²) in [5, 5.41) is 8.84. The molecular formula is C14H24N2O2. The first kappa shape index (κ1) is 14.8.